The third-order valence-electron chi connectivity index (χ3n) is 10.3. The van der Waals surface area contributed by atoms with Crippen LogP contribution in [0.3, 0.4) is 0 Å². The number of piperazine rings is 1. The highest BCUT2D eigenvalue weighted by Crippen LogP contribution is 2.40. The molecule has 49 heavy (non-hydrogen) atoms. The Kier molecular flexibility index (Phi) is 10.5. The van der Waals surface area contributed by atoms with E-state index in [1.807, 2.05) is 24.3 Å². The van der Waals surface area contributed by atoms with Crippen molar-refractivity contribution >= 4 is 35.3 Å². The lowest BCUT2D eigenvalue weighted by Crippen LogP contribution is -2.59. The van der Waals surface area contributed by atoms with E-state index in [0.717, 1.165) is 43.2 Å². The van der Waals surface area contributed by atoms with Crippen molar-refractivity contribution in [1.29, 1.82) is 0 Å². The largest absolute Gasteiger partial charge is 0.506 e. The van der Waals surface area contributed by atoms with Gasteiger partial charge >= 0.3 is 18.2 Å². The smallest absolute Gasteiger partial charge is 0.420 e. The molecule has 0 aromatic heterocycles. The molecule has 5 amide bonds. The topological polar surface area (TPSA) is 112 Å². The predicted octanol–water partition coefficient (Wildman–Crippen LogP) is 4.44. The van der Waals surface area contributed by atoms with Gasteiger partial charge in [-0.2, -0.15) is 13.2 Å². The highest BCUT2D eigenvalue weighted by Gasteiger charge is 2.38. The van der Waals surface area contributed by atoms with Crippen LogP contribution in [0.4, 0.5) is 28.4 Å². The summed E-state index contributed by atoms with van der Waals surface area (Å²) in [6.45, 7) is 5.39. The summed E-state index contributed by atoms with van der Waals surface area (Å²) in [6, 6.07) is 8.10. The molecule has 4 heterocycles. The molecule has 0 aliphatic carbocycles. The van der Waals surface area contributed by atoms with Crippen molar-refractivity contribution in [1.82, 2.24) is 29.8 Å². The Morgan fingerprint density at radius 3 is 2.29 bits per heavy atom. The van der Waals surface area contributed by atoms with Gasteiger partial charge in [-0.3, -0.25) is 9.69 Å². The first kappa shape index (κ1) is 35.1. The number of carbonyl (C=O) groups is 3. The van der Waals surface area contributed by atoms with E-state index < -0.39 is 34.6 Å². The normalized spacial score (nSPS) is 20.9. The monoisotopic (exact) mass is 705 g/mol. The van der Waals surface area contributed by atoms with Crippen LogP contribution in [-0.2, 0) is 23.9 Å². The molecule has 4 aliphatic rings. The Balaban J connectivity index is 1.13. The molecule has 2 aromatic carbocycles. The van der Waals surface area contributed by atoms with E-state index in [0.29, 0.717) is 64.7 Å². The van der Waals surface area contributed by atoms with Gasteiger partial charge in [-0.1, -0.05) is 29.8 Å². The third-order valence-corrected chi connectivity index (χ3v) is 10.6. The van der Waals surface area contributed by atoms with E-state index in [4.69, 9.17) is 11.6 Å². The second-order valence-corrected chi connectivity index (χ2v) is 13.9. The summed E-state index contributed by atoms with van der Waals surface area (Å²) in [5, 5.41) is 15.3. The number of likely N-dealkylation sites (tertiary alicyclic amines) is 2. The van der Waals surface area contributed by atoms with E-state index >= 15 is 0 Å². The minimum atomic E-state index is -4.87. The van der Waals surface area contributed by atoms with Gasteiger partial charge in [0.05, 0.1) is 10.6 Å². The van der Waals surface area contributed by atoms with Crippen molar-refractivity contribution < 1.29 is 32.7 Å². The highest BCUT2D eigenvalue weighted by molar-refractivity contribution is 6.32. The molecule has 11 nitrogen and oxygen atoms in total. The van der Waals surface area contributed by atoms with E-state index in [-0.39, 0.29) is 30.0 Å². The van der Waals surface area contributed by atoms with Crippen LogP contribution in [0.1, 0.15) is 42.4 Å². The lowest BCUT2D eigenvalue weighted by atomic mass is 10.00. The molecule has 3 saturated heterocycles. The number of anilines is 1. The number of nitrogens with one attached hydrogen (secondary N) is 2. The van der Waals surface area contributed by atoms with Crippen LogP contribution in [0.25, 0.3) is 0 Å². The van der Waals surface area contributed by atoms with Crippen LogP contribution in [0.2, 0.25) is 5.02 Å². The average Bonchev–Trinajstić information content (AvgIpc) is 3.09. The first-order chi connectivity index (χ1) is 23.4. The zero-order chi connectivity index (χ0) is 34.9. The van der Waals surface area contributed by atoms with Crippen LogP contribution in [0, 0.1) is 0 Å². The van der Waals surface area contributed by atoms with Crippen molar-refractivity contribution in [3.63, 3.8) is 0 Å². The SMILES string of the molecule is CN1CCC(N2CCN(C(=O)[C@@H](Cc3cc(Cl)c(O)c(C(F)(F)F)c3)NC(=O)N3CCC(N4Cc5ccccc5NC4=O)CC3)CC2)CC1. The van der Waals surface area contributed by atoms with Crippen LogP contribution in [0.5, 0.6) is 5.75 Å². The number of phenolic OH excluding ortho intramolecular Hbond substituents is 1. The Bertz CT molecular complexity index is 1540. The van der Waals surface area contributed by atoms with E-state index in [9.17, 15) is 32.7 Å². The number of para-hydroxylation sites is 1. The minimum Gasteiger partial charge on any atom is -0.506 e. The second kappa shape index (κ2) is 14.6. The van der Waals surface area contributed by atoms with Crippen LogP contribution in [-0.4, -0.2) is 125 Å². The highest BCUT2D eigenvalue weighted by atomic mass is 35.5. The van der Waals surface area contributed by atoms with Crippen molar-refractivity contribution in [3.05, 3.63) is 58.1 Å². The number of aromatic hydroxyl groups is 1. The fourth-order valence-electron chi connectivity index (χ4n) is 7.45. The van der Waals surface area contributed by atoms with Gasteiger partial charge in [-0.15, -0.1) is 0 Å². The number of piperidine rings is 2. The number of urea groups is 2. The minimum absolute atomic E-state index is 0.0637. The van der Waals surface area contributed by atoms with Crippen LogP contribution >= 0.6 is 11.6 Å². The molecule has 4 aliphatic heterocycles. The van der Waals surface area contributed by atoms with Gasteiger partial charge in [-0.25, -0.2) is 9.59 Å². The molecule has 6 rings (SSSR count). The summed E-state index contributed by atoms with van der Waals surface area (Å²) >= 11 is 6.00. The quantitative estimate of drug-likeness (QED) is 0.410. The molecule has 0 bridgehead atoms. The van der Waals surface area contributed by atoms with Crippen molar-refractivity contribution in [3.8, 4) is 5.75 Å². The number of hydrogen-bond acceptors (Lipinski definition) is 6. The van der Waals surface area contributed by atoms with Crippen LogP contribution in [0.15, 0.2) is 36.4 Å². The van der Waals surface area contributed by atoms with Gasteiger partial charge in [0.2, 0.25) is 5.91 Å². The number of rotatable bonds is 6. The van der Waals surface area contributed by atoms with Gasteiger partial charge in [0, 0.05) is 70.0 Å². The van der Waals surface area contributed by atoms with Gasteiger partial charge in [0.25, 0.3) is 0 Å². The Labute approximate surface area is 288 Å². The average molecular weight is 706 g/mol. The molecule has 0 spiro atoms. The summed E-state index contributed by atoms with van der Waals surface area (Å²) in [6.07, 6.45) is -1.94. The summed E-state index contributed by atoms with van der Waals surface area (Å²) in [5.74, 6) is -1.46. The Morgan fingerprint density at radius 2 is 1.61 bits per heavy atom. The third kappa shape index (κ3) is 8.02. The molecule has 266 valence electrons. The number of benzene rings is 2. The maximum absolute atomic E-state index is 14.0. The summed E-state index contributed by atoms with van der Waals surface area (Å²) in [4.78, 5) is 50.2. The van der Waals surface area contributed by atoms with Crippen LogP contribution < -0.4 is 10.6 Å². The van der Waals surface area contributed by atoms with Crippen molar-refractivity contribution in [2.75, 3.05) is 64.7 Å². The molecule has 1 atom stereocenters. The first-order valence-corrected chi connectivity index (χ1v) is 17.3. The number of alkyl halides is 3. The number of hydrogen-bond donors (Lipinski definition) is 3. The zero-order valence-electron chi connectivity index (χ0n) is 27.5. The molecule has 3 fully saturated rings. The van der Waals surface area contributed by atoms with E-state index in [2.05, 4.69) is 27.5 Å². The molecule has 3 N–H and O–H groups in total. The lowest BCUT2D eigenvalue weighted by molar-refractivity contribution is -0.138. The van der Waals surface area contributed by atoms with Gasteiger partial charge in [0.15, 0.2) is 0 Å². The van der Waals surface area contributed by atoms with E-state index in [1.54, 1.807) is 14.7 Å². The zero-order valence-corrected chi connectivity index (χ0v) is 28.3. The van der Waals surface area contributed by atoms with Crippen molar-refractivity contribution in [2.45, 2.75) is 63.0 Å². The van der Waals surface area contributed by atoms with Gasteiger partial charge in [-0.05, 0) is 75.1 Å². The molecule has 0 saturated carbocycles. The number of carbonyl (C=O) groups excluding carboxylic acids is 3. The second-order valence-electron chi connectivity index (χ2n) is 13.5. The summed E-state index contributed by atoms with van der Waals surface area (Å²) in [7, 11) is 2.11. The number of halogens is 4. The van der Waals surface area contributed by atoms with Gasteiger partial charge < -0.3 is 35.3 Å². The number of nitrogens with zero attached hydrogens (tertiary/aromatic N) is 5. The standard InChI is InChI=1S/C34H43ClF3N7O4/c1-41-10-6-24(7-11-41)42-14-16-43(17-15-42)31(47)29(20-22-18-26(34(36,37)38)30(46)27(35)19-22)40-32(48)44-12-8-25(9-13-44)45-21-23-4-2-3-5-28(23)39-33(45)49/h2-5,18-19,24-25,29,46H,6-17,20-21H2,1H3,(H,39,49)(H,40,48)/t29-/m1/s1. The maximum atomic E-state index is 14.0. The lowest BCUT2D eigenvalue weighted by Gasteiger charge is -2.43. The molecule has 15 heteroatoms. The molecule has 0 unspecified atom stereocenters. The number of fused-ring (bicyclic) bond motifs is 1. The fourth-order valence-corrected chi connectivity index (χ4v) is 7.69. The fraction of sp³-hybridized carbons (Fsp3) is 0.559. The molecule has 2 aromatic rings. The molecule has 0 radical (unpaired) electrons. The summed E-state index contributed by atoms with van der Waals surface area (Å²) < 4.78 is 41.2. The maximum Gasteiger partial charge on any atom is 0.420 e. The Hall–Kier alpha value is -3.75. The van der Waals surface area contributed by atoms with Gasteiger partial charge in [0.1, 0.15) is 11.8 Å². The number of phenols is 1. The molecular weight excluding hydrogens is 663 g/mol. The van der Waals surface area contributed by atoms with E-state index in [1.165, 1.54) is 6.07 Å². The van der Waals surface area contributed by atoms with Crippen molar-refractivity contribution in [2.24, 2.45) is 0 Å². The molecular formula is C34H43ClF3N7O4. The Morgan fingerprint density at radius 1 is 0.959 bits per heavy atom. The first-order valence-electron chi connectivity index (χ1n) is 16.9. The predicted molar refractivity (Wildman–Crippen MR) is 178 cm³/mol. The number of amides is 5. The summed E-state index contributed by atoms with van der Waals surface area (Å²) in [5.41, 5.74) is 0.565.